The molecule has 1 aliphatic rings. The van der Waals surface area contributed by atoms with E-state index in [0.717, 1.165) is 0 Å². The van der Waals surface area contributed by atoms with Crippen molar-refractivity contribution in [2.45, 2.75) is 13.3 Å². The Morgan fingerprint density at radius 3 is 2.91 bits per heavy atom. The number of nitriles is 1. The van der Waals surface area contributed by atoms with Gasteiger partial charge in [0.25, 0.3) is 0 Å². The fourth-order valence-corrected chi connectivity index (χ4v) is 3.20. The molecule has 0 radical (unpaired) electrons. The van der Waals surface area contributed by atoms with E-state index in [1.807, 2.05) is 6.07 Å². The van der Waals surface area contributed by atoms with Gasteiger partial charge >= 0.3 is 5.97 Å². The summed E-state index contributed by atoms with van der Waals surface area (Å²) in [4.78, 5) is 17.2. The Kier molecular flexibility index (Phi) is 3.61. The molecule has 1 unspecified atom stereocenters. The fraction of sp³-hybridized carbons (Fsp3) is 0.312. The van der Waals surface area contributed by atoms with Gasteiger partial charge in [0.2, 0.25) is 0 Å². The van der Waals surface area contributed by atoms with Crippen molar-refractivity contribution in [1.82, 2.24) is 4.98 Å². The van der Waals surface area contributed by atoms with Crippen LogP contribution in [0.5, 0.6) is 0 Å². The van der Waals surface area contributed by atoms with Crippen LogP contribution in [0.25, 0.3) is 10.9 Å². The Morgan fingerprint density at radius 1 is 1.57 bits per heavy atom. The average Bonchev–Trinajstić information content (AvgIpc) is 2.93. The van der Waals surface area contributed by atoms with Gasteiger partial charge in [0, 0.05) is 24.7 Å². The highest BCUT2D eigenvalue weighted by Gasteiger charge is 2.41. The van der Waals surface area contributed by atoms with Gasteiger partial charge in [-0.1, -0.05) is 11.6 Å². The predicted octanol–water partition coefficient (Wildman–Crippen LogP) is 3.20. The number of aromatic nitrogens is 1. The summed E-state index contributed by atoms with van der Waals surface area (Å²) in [6, 6.07) is 4.67. The molecule has 0 amide bonds. The van der Waals surface area contributed by atoms with E-state index >= 15 is 0 Å². The van der Waals surface area contributed by atoms with Gasteiger partial charge in [0.15, 0.2) is 0 Å². The number of carboxylic acid groups (broad SMARTS) is 1. The normalized spacial score (nSPS) is 20.7. The molecule has 3 rings (SSSR count). The van der Waals surface area contributed by atoms with E-state index in [1.165, 1.54) is 18.3 Å². The maximum absolute atomic E-state index is 14.0. The van der Waals surface area contributed by atoms with Crippen molar-refractivity contribution in [3.63, 3.8) is 0 Å². The van der Waals surface area contributed by atoms with E-state index in [-0.39, 0.29) is 22.6 Å². The average molecular weight is 334 g/mol. The molecule has 23 heavy (non-hydrogen) atoms. The van der Waals surface area contributed by atoms with Crippen LogP contribution in [0, 0.1) is 22.6 Å². The first-order chi connectivity index (χ1) is 10.9. The molecule has 7 heteroatoms. The molecule has 5 nitrogen and oxygen atoms in total. The first kappa shape index (κ1) is 15.5. The Hall–Kier alpha value is -2.39. The van der Waals surface area contributed by atoms with Crippen LogP contribution < -0.4 is 4.90 Å². The van der Waals surface area contributed by atoms with E-state index in [2.05, 4.69) is 4.98 Å². The number of carboxylic acids is 1. The van der Waals surface area contributed by atoms with E-state index in [1.54, 1.807) is 11.8 Å². The number of halogens is 2. The minimum atomic E-state index is -0.915. The molecule has 1 atom stereocenters. The predicted molar refractivity (Wildman–Crippen MR) is 84.0 cm³/mol. The lowest BCUT2D eigenvalue weighted by Crippen LogP contribution is -2.32. The maximum Gasteiger partial charge on any atom is 0.311 e. The Bertz CT molecular complexity index is 865. The minimum absolute atomic E-state index is 0.0791. The lowest BCUT2D eigenvalue weighted by molar-refractivity contribution is -0.146. The maximum atomic E-state index is 14.0. The number of rotatable bonds is 2. The van der Waals surface area contributed by atoms with Crippen LogP contribution in [-0.4, -0.2) is 29.1 Å². The fourth-order valence-electron chi connectivity index (χ4n) is 2.95. The molecule has 1 N–H and O–H groups in total. The summed E-state index contributed by atoms with van der Waals surface area (Å²) in [6.45, 7) is 2.33. The zero-order valence-electron chi connectivity index (χ0n) is 12.3. The van der Waals surface area contributed by atoms with Gasteiger partial charge in [-0.15, -0.1) is 0 Å². The van der Waals surface area contributed by atoms with E-state index in [4.69, 9.17) is 11.6 Å². The molecule has 1 fully saturated rings. The summed E-state index contributed by atoms with van der Waals surface area (Å²) in [5.41, 5.74) is -0.135. The third-order valence-corrected chi connectivity index (χ3v) is 4.63. The Labute approximate surface area is 136 Å². The number of nitrogens with zero attached hydrogens (tertiary/aromatic N) is 3. The molecular weight excluding hydrogens is 321 g/mol. The topological polar surface area (TPSA) is 77.2 Å². The van der Waals surface area contributed by atoms with Gasteiger partial charge in [-0.2, -0.15) is 5.26 Å². The summed E-state index contributed by atoms with van der Waals surface area (Å²) < 4.78 is 14.0. The zero-order valence-corrected chi connectivity index (χ0v) is 13.1. The van der Waals surface area contributed by atoms with E-state index in [9.17, 15) is 19.6 Å². The van der Waals surface area contributed by atoms with Gasteiger partial charge in [0.1, 0.15) is 17.4 Å². The molecule has 0 spiro atoms. The van der Waals surface area contributed by atoms with Crippen molar-refractivity contribution < 1.29 is 14.3 Å². The van der Waals surface area contributed by atoms with E-state index in [0.29, 0.717) is 24.0 Å². The van der Waals surface area contributed by atoms with Gasteiger partial charge in [-0.25, -0.2) is 4.39 Å². The van der Waals surface area contributed by atoms with Crippen LogP contribution in [0.3, 0.4) is 0 Å². The van der Waals surface area contributed by atoms with Crippen LogP contribution in [0.2, 0.25) is 5.02 Å². The second-order valence-corrected chi connectivity index (χ2v) is 6.33. The molecule has 2 aromatic rings. The molecule has 0 aliphatic carbocycles. The second-order valence-electron chi connectivity index (χ2n) is 5.92. The highest BCUT2D eigenvalue weighted by atomic mass is 35.5. The minimum Gasteiger partial charge on any atom is -0.481 e. The van der Waals surface area contributed by atoms with Crippen molar-refractivity contribution in [2.75, 3.05) is 18.0 Å². The summed E-state index contributed by atoms with van der Waals surface area (Å²) in [6.07, 6.45) is 1.73. The van der Waals surface area contributed by atoms with E-state index < -0.39 is 17.2 Å². The Balaban J connectivity index is 2.23. The molecule has 1 aromatic heterocycles. The number of hydrogen-bond donors (Lipinski definition) is 1. The van der Waals surface area contributed by atoms with Crippen molar-refractivity contribution >= 4 is 34.2 Å². The highest BCUT2D eigenvalue weighted by molar-refractivity contribution is 6.36. The largest absolute Gasteiger partial charge is 0.481 e. The Morgan fingerprint density at radius 2 is 2.30 bits per heavy atom. The van der Waals surface area contributed by atoms with Crippen molar-refractivity contribution in [2.24, 2.45) is 5.41 Å². The molecule has 0 bridgehead atoms. The van der Waals surface area contributed by atoms with Crippen molar-refractivity contribution in [1.29, 1.82) is 5.26 Å². The lowest BCUT2D eigenvalue weighted by Gasteiger charge is -2.24. The number of aliphatic carboxylic acids is 1. The van der Waals surface area contributed by atoms with Gasteiger partial charge in [-0.05, 0) is 25.5 Å². The lowest BCUT2D eigenvalue weighted by atomic mass is 9.90. The quantitative estimate of drug-likeness (QED) is 0.913. The van der Waals surface area contributed by atoms with Gasteiger partial charge in [-0.3, -0.25) is 9.78 Å². The summed E-state index contributed by atoms with van der Waals surface area (Å²) in [5, 5.41) is 19.4. The first-order valence-electron chi connectivity index (χ1n) is 7.02. The van der Waals surface area contributed by atoms with Gasteiger partial charge < -0.3 is 10.0 Å². The monoisotopic (exact) mass is 333 g/mol. The molecule has 1 saturated heterocycles. The van der Waals surface area contributed by atoms with Crippen LogP contribution in [0.4, 0.5) is 10.1 Å². The van der Waals surface area contributed by atoms with Crippen LogP contribution in [0.1, 0.15) is 18.9 Å². The number of fused-ring (bicyclic) bond motifs is 1. The smallest absolute Gasteiger partial charge is 0.311 e. The third-order valence-electron chi connectivity index (χ3n) is 4.32. The standard InChI is InChI=1S/C16H13ClFN3O2/c1-16(15(22)23)4-5-21(8-16)14-9(6-19)7-20-13-11(18)3-2-10(17)12(13)14/h2-3,7H,4-5,8H2,1H3,(H,22,23). The third kappa shape index (κ3) is 2.37. The molecule has 1 aliphatic heterocycles. The number of anilines is 1. The number of pyridine rings is 1. The summed E-state index contributed by atoms with van der Waals surface area (Å²) in [5.74, 6) is -1.43. The van der Waals surface area contributed by atoms with Gasteiger partial charge in [0.05, 0.1) is 21.7 Å². The molecular formula is C16H13ClFN3O2. The first-order valence-corrected chi connectivity index (χ1v) is 7.40. The van der Waals surface area contributed by atoms with Crippen LogP contribution in [0.15, 0.2) is 18.3 Å². The number of hydrogen-bond acceptors (Lipinski definition) is 4. The number of carbonyl (C=O) groups is 1. The summed E-state index contributed by atoms with van der Waals surface area (Å²) in [7, 11) is 0. The van der Waals surface area contributed by atoms with Crippen LogP contribution >= 0.6 is 11.6 Å². The molecule has 0 saturated carbocycles. The summed E-state index contributed by atoms with van der Waals surface area (Å²) >= 11 is 6.22. The molecule has 118 valence electrons. The second kappa shape index (κ2) is 5.36. The molecule has 2 heterocycles. The molecule has 1 aromatic carbocycles. The van der Waals surface area contributed by atoms with Crippen LogP contribution in [-0.2, 0) is 4.79 Å². The highest BCUT2D eigenvalue weighted by Crippen LogP contribution is 2.40. The van der Waals surface area contributed by atoms with Crippen molar-refractivity contribution in [3.8, 4) is 6.07 Å². The van der Waals surface area contributed by atoms with Crippen molar-refractivity contribution in [3.05, 3.63) is 34.7 Å². The number of benzene rings is 1. The zero-order chi connectivity index (χ0) is 16.8. The SMILES string of the molecule is CC1(C(=O)O)CCN(c2c(C#N)cnc3c(F)ccc(Cl)c23)C1.